The number of hydrogen-bond acceptors (Lipinski definition) is 3. The number of fused-ring (bicyclic) bond motifs is 6. The van der Waals surface area contributed by atoms with Crippen molar-refractivity contribution < 1.29 is 0 Å². The standard InChI is InChI=1S/C51H35N5/c1-4-16-34(17-5-1)49-52-50(35-18-6-2-7-19-35)54-51(53-49)56-44-27-12-10-24-41(44)43-33-37(30-31-46(43)56)36-20-14-21-38(32-36)40-26-15-29-47-48(40)42-25-11-13-28-45(42)55(47)39-22-8-3-9-23-39/h1-33,51H,(H,52,53,54). The van der Waals surface area contributed by atoms with E-state index in [2.05, 4.69) is 178 Å². The predicted molar refractivity (Wildman–Crippen MR) is 233 cm³/mol. The molecule has 0 amide bonds. The summed E-state index contributed by atoms with van der Waals surface area (Å²) in [5, 5.41) is 8.56. The third kappa shape index (κ3) is 5.24. The highest BCUT2D eigenvalue weighted by atomic mass is 15.3. The number of amidine groups is 2. The molecule has 0 bridgehead atoms. The molecule has 1 atom stereocenters. The van der Waals surface area contributed by atoms with E-state index in [9.17, 15) is 0 Å². The Labute approximate surface area is 324 Å². The molecule has 264 valence electrons. The number of rotatable bonds is 6. The summed E-state index contributed by atoms with van der Waals surface area (Å²) in [7, 11) is 0. The Kier molecular flexibility index (Phi) is 7.49. The summed E-state index contributed by atoms with van der Waals surface area (Å²) < 4.78 is 4.69. The predicted octanol–water partition coefficient (Wildman–Crippen LogP) is 12.2. The van der Waals surface area contributed by atoms with Crippen molar-refractivity contribution >= 4 is 55.3 Å². The Balaban J connectivity index is 1.04. The smallest absolute Gasteiger partial charge is 0.204 e. The summed E-state index contributed by atoms with van der Waals surface area (Å²) in [6.07, 6.45) is -0.409. The molecule has 5 heteroatoms. The minimum atomic E-state index is -0.409. The number of aromatic nitrogens is 2. The molecule has 1 aliphatic heterocycles. The van der Waals surface area contributed by atoms with E-state index in [0.29, 0.717) is 5.84 Å². The van der Waals surface area contributed by atoms with E-state index in [0.717, 1.165) is 39.2 Å². The molecule has 0 spiro atoms. The Hall–Kier alpha value is -7.50. The van der Waals surface area contributed by atoms with Crippen LogP contribution in [0.4, 0.5) is 0 Å². The van der Waals surface area contributed by atoms with Gasteiger partial charge in [-0.05, 0) is 70.8 Å². The van der Waals surface area contributed by atoms with Crippen molar-refractivity contribution in [1.29, 1.82) is 0 Å². The molecule has 1 N–H and O–H groups in total. The first-order valence-electron chi connectivity index (χ1n) is 19.0. The lowest BCUT2D eigenvalue weighted by Crippen LogP contribution is -2.36. The molecule has 1 aliphatic rings. The van der Waals surface area contributed by atoms with Gasteiger partial charge in [-0.1, -0.05) is 152 Å². The summed E-state index contributed by atoms with van der Waals surface area (Å²) in [5.74, 6) is 1.50. The second kappa shape index (κ2) is 13.1. The zero-order valence-corrected chi connectivity index (χ0v) is 30.4. The topological polar surface area (TPSA) is 46.6 Å². The van der Waals surface area contributed by atoms with Crippen molar-refractivity contribution in [3.8, 4) is 27.9 Å². The quantitative estimate of drug-likeness (QED) is 0.183. The molecule has 0 saturated heterocycles. The fourth-order valence-electron chi connectivity index (χ4n) is 8.46. The molecule has 56 heavy (non-hydrogen) atoms. The number of aliphatic imine (C=N–C) groups is 2. The third-order valence-electron chi connectivity index (χ3n) is 11.0. The van der Waals surface area contributed by atoms with E-state index < -0.39 is 6.29 Å². The van der Waals surface area contributed by atoms with Gasteiger partial charge in [-0.2, -0.15) is 0 Å². The zero-order valence-electron chi connectivity index (χ0n) is 30.4. The SMILES string of the molecule is c1ccc(C2=NC(n3c4ccccc4c4cc(-c5cccc(-c6cccc7c6c6ccccc6n7-c6ccccc6)c5)ccc43)NC(c3ccccc3)=N2)cc1. The summed E-state index contributed by atoms with van der Waals surface area (Å²) >= 11 is 0. The number of hydrogen-bond donors (Lipinski definition) is 1. The highest BCUT2D eigenvalue weighted by Crippen LogP contribution is 2.40. The average Bonchev–Trinajstić information content (AvgIpc) is 3.80. The lowest BCUT2D eigenvalue weighted by Gasteiger charge is -2.25. The molecule has 0 radical (unpaired) electrons. The van der Waals surface area contributed by atoms with Crippen LogP contribution in [0.1, 0.15) is 17.4 Å². The van der Waals surface area contributed by atoms with Gasteiger partial charge in [0.25, 0.3) is 0 Å². The summed E-state index contributed by atoms with van der Waals surface area (Å²) in [5.41, 5.74) is 12.5. The Morgan fingerprint density at radius 1 is 0.411 bits per heavy atom. The highest BCUT2D eigenvalue weighted by molar-refractivity contribution is 6.16. The third-order valence-corrected chi connectivity index (χ3v) is 11.0. The van der Waals surface area contributed by atoms with Crippen molar-refractivity contribution in [3.63, 3.8) is 0 Å². The Bertz CT molecular complexity index is 3150. The van der Waals surface area contributed by atoms with Gasteiger partial charge in [-0.25, -0.2) is 9.98 Å². The van der Waals surface area contributed by atoms with Crippen LogP contribution in [-0.2, 0) is 0 Å². The zero-order chi connectivity index (χ0) is 37.0. The second-order valence-electron chi connectivity index (χ2n) is 14.3. The van der Waals surface area contributed by atoms with Gasteiger partial charge in [-0.15, -0.1) is 0 Å². The largest absolute Gasteiger partial charge is 0.331 e. The van der Waals surface area contributed by atoms with Crippen molar-refractivity contribution in [3.05, 3.63) is 211 Å². The van der Waals surface area contributed by atoms with Crippen molar-refractivity contribution in [2.24, 2.45) is 9.98 Å². The number of para-hydroxylation sites is 3. The van der Waals surface area contributed by atoms with Crippen LogP contribution < -0.4 is 5.32 Å². The van der Waals surface area contributed by atoms with Gasteiger partial charge in [0.1, 0.15) is 5.84 Å². The van der Waals surface area contributed by atoms with E-state index in [-0.39, 0.29) is 0 Å². The molecule has 3 heterocycles. The molecular weight excluding hydrogens is 683 g/mol. The van der Waals surface area contributed by atoms with E-state index in [1.807, 2.05) is 36.4 Å². The molecule has 10 aromatic rings. The van der Waals surface area contributed by atoms with Gasteiger partial charge in [0.15, 0.2) is 5.84 Å². The van der Waals surface area contributed by atoms with Crippen LogP contribution in [0.3, 0.4) is 0 Å². The van der Waals surface area contributed by atoms with Crippen molar-refractivity contribution in [1.82, 2.24) is 14.5 Å². The number of benzene rings is 8. The monoisotopic (exact) mass is 717 g/mol. The first kappa shape index (κ1) is 32.0. The van der Waals surface area contributed by atoms with Crippen LogP contribution in [0, 0.1) is 0 Å². The molecule has 8 aromatic carbocycles. The molecular formula is C51H35N5. The molecule has 11 rings (SSSR count). The first-order valence-corrected chi connectivity index (χ1v) is 19.0. The minimum absolute atomic E-state index is 0.409. The fraction of sp³-hybridized carbons (Fsp3) is 0.0196. The minimum Gasteiger partial charge on any atom is -0.331 e. The van der Waals surface area contributed by atoms with Gasteiger partial charge >= 0.3 is 0 Å². The highest BCUT2D eigenvalue weighted by Gasteiger charge is 2.25. The van der Waals surface area contributed by atoms with E-state index >= 15 is 0 Å². The van der Waals surface area contributed by atoms with Crippen LogP contribution in [0.5, 0.6) is 0 Å². The summed E-state index contributed by atoms with van der Waals surface area (Å²) in [6, 6.07) is 71.0. The number of nitrogens with one attached hydrogen (secondary N) is 1. The lowest BCUT2D eigenvalue weighted by atomic mass is 9.95. The maximum atomic E-state index is 5.24. The fourth-order valence-corrected chi connectivity index (χ4v) is 8.46. The maximum absolute atomic E-state index is 5.24. The molecule has 0 saturated carbocycles. The summed E-state index contributed by atoms with van der Waals surface area (Å²) in [6.45, 7) is 0. The normalized spacial score (nSPS) is 14.2. The maximum Gasteiger partial charge on any atom is 0.204 e. The lowest BCUT2D eigenvalue weighted by molar-refractivity contribution is 0.516. The Morgan fingerprint density at radius 2 is 1.00 bits per heavy atom. The number of nitrogens with zero attached hydrogens (tertiary/aromatic N) is 4. The molecule has 1 unspecified atom stereocenters. The van der Waals surface area contributed by atoms with Crippen molar-refractivity contribution in [2.45, 2.75) is 6.29 Å². The first-order chi connectivity index (χ1) is 27.8. The Morgan fingerprint density at radius 3 is 1.80 bits per heavy atom. The van der Waals surface area contributed by atoms with Crippen LogP contribution in [0.15, 0.2) is 210 Å². The summed E-state index contributed by atoms with van der Waals surface area (Å²) in [4.78, 5) is 10.3. The second-order valence-corrected chi connectivity index (χ2v) is 14.3. The van der Waals surface area contributed by atoms with E-state index in [1.54, 1.807) is 0 Å². The van der Waals surface area contributed by atoms with E-state index in [1.165, 1.54) is 49.3 Å². The molecule has 0 aliphatic carbocycles. The van der Waals surface area contributed by atoms with Gasteiger partial charge in [0.05, 0.1) is 22.1 Å². The van der Waals surface area contributed by atoms with E-state index in [4.69, 9.17) is 9.98 Å². The molecule has 2 aromatic heterocycles. The molecule has 0 fully saturated rings. The van der Waals surface area contributed by atoms with Crippen LogP contribution in [-0.4, -0.2) is 20.8 Å². The van der Waals surface area contributed by atoms with Crippen LogP contribution in [0.25, 0.3) is 71.6 Å². The van der Waals surface area contributed by atoms with Gasteiger partial charge in [-0.3, -0.25) is 0 Å². The van der Waals surface area contributed by atoms with Gasteiger partial charge < -0.3 is 14.5 Å². The average molecular weight is 718 g/mol. The van der Waals surface area contributed by atoms with Crippen LogP contribution in [0.2, 0.25) is 0 Å². The van der Waals surface area contributed by atoms with Crippen LogP contribution >= 0.6 is 0 Å². The van der Waals surface area contributed by atoms with Crippen molar-refractivity contribution in [2.75, 3.05) is 0 Å². The molecule has 5 nitrogen and oxygen atoms in total. The van der Waals surface area contributed by atoms with Gasteiger partial charge in [0.2, 0.25) is 6.29 Å². The van der Waals surface area contributed by atoms with Gasteiger partial charge in [0, 0.05) is 38.4 Å².